The molecule has 3 rings (SSSR count). The van der Waals surface area contributed by atoms with Crippen molar-refractivity contribution in [3.8, 4) is 0 Å². The van der Waals surface area contributed by atoms with Gasteiger partial charge in [0.05, 0.1) is 11.9 Å². The molecular formula is C17H15F3N4O2. The van der Waals surface area contributed by atoms with Crippen molar-refractivity contribution in [2.75, 3.05) is 10.3 Å². The third-order valence-electron chi connectivity index (χ3n) is 3.64. The standard InChI is InChI=1S/C17H15F3N4O2/c18-17(19,20)15-10-24(23-26-15)14-6-4-11(5-7-14)9-22-13-3-1-2-12(8-13)16(21)25/h1-8,10,22-23H,9H2,(H2,21,25). The number of alkyl halides is 3. The average molecular weight is 364 g/mol. The van der Waals surface area contributed by atoms with Crippen LogP contribution < -0.4 is 21.6 Å². The van der Waals surface area contributed by atoms with E-state index in [0.717, 1.165) is 22.5 Å². The lowest BCUT2D eigenvalue weighted by atomic mass is 10.1. The van der Waals surface area contributed by atoms with E-state index in [4.69, 9.17) is 5.73 Å². The number of anilines is 2. The van der Waals surface area contributed by atoms with Crippen molar-refractivity contribution >= 4 is 17.3 Å². The summed E-state index contributed by atoms with van der Waals surface area (Å²) in [4.78, 5) is 15.6. The molecule has 4 N–H and O–H groups in total. The average Bonchev–Trinajstić information content (AvgIpc) is 3.11. The number of benzene rings is 2. The molecule has 6 nitrogen and oxygen atoms in total. The van der Waals surface area contributed by atoms with Gasteiger partial charge in [-0.3, -0.25) is 4.79 Å². The molecule has 2 aromatic carbocycles. The summed E-state index contributed by atoms with van der Waals surface area (Å²) in [7, 11) is 0. The Bertz CT molecular complexity index is 835. The van der Waals surface area contributed by atoms with Gasteiger partial charge in [0.1, 0.15) is 0 Å². The predicted molar refractivity (Wildman–Crippen MR) is 89.6 cm³/mol. The van der Waals surface area contributed by atoms with Crippen molar-refractivity contribution in [2.24, 2.45) is 5.73 Å². The summed E-state index contributed by atoms with van der Waals surface area (Å²) >= 11 is 0. The van der Waals surface area contributed by atoms with Gasteiger partial charge in [0.25, 0.3) is 0 Å². The van der Waals surface area contributed by atoms with Gasteiger partial charge in [-0.05, 0) is 35.9 Å². The number of allylic oxidation sites excluding steroid dienone is 1. The molecule has 0 aliphatic carbocycles. The number of nitrogens with zero attached hydrogens (tertiary/aromatic N) is 1. The second-order valence-electron chi connectivity index (χ2n) is 5.52. The first-order valence-electron chi connectivity index (χ1n) is 7.56. The van der Waals surface area contributed by atoms with Gasteiger partial charge >= 0.3 is 6.18 Å². The number of hydrazine groups is 1. The van der Waals surface area contributed by atoms with Crippen LogP contribution >= 0.6 is 0 Å². The summed E-state index contributed by atoms with van der Waals surface area (Å²) in [6, 6.07) is 13.6. The molecule has 0 saturated heterocycles. The summed E-state index contributed by atoms with van der Waals surface area (Å²) in [6.07, 6.45) is -3.71. The fourth-order valence-electron chi connectivity index (χ4n) is 2.29. The zero-order chi connectivity index (χ0) is 18.7. The van der Waals surface area contributed by atoms with Crippen LogP contribution in [0.25, 0.3) is 0 Å². The molecule has 0 fully saturated rings. The number of carbonyl (C=O) groups is 1. The van der Waals surface area contributed by atoms with Crippen LogP contribution in [0.5, 0.6) is 0 Å². The minimum atomic E-state index is -4.55. The lowest BCUT2D eigenvalue weighted by Gasteiger charge is -2.14. The van der Waals surface area contributed by atoms with Crippen LogP contribution in [0, 0.1) is 0 Å². The van der Waals surface area contributed by atoms with E-state index < -0.39 is 17.8 Å². The van der Waals surface area contributed by atoms with E-state index in [2.05, 4.69) is 15.7 Å². The van der Waals surface area contributed by atoms with Gasteiger partial charge in [0.2, 0.25) is 11.7 Å². The van der Waals surface area contributed by atoms with Crippen LogP contribution in [0.3, 0.4) is 0 Å². The quantitative estimate of drug-likeness (QED) is 0.760. The highest BCUT2D eigenvalue weighted by molar-refractivity contribution is 5.93. The molecule has 1 aliphatic rings. The fourth-order valence-corrected chi connectivity index (χ4v) is 2.29. The van der Waals surface area contributed by atoms with Gasteiger partial charge in [-0.25, -0.2) is 5.01 Å². The van der Waals surface area contributed by atoms with Gasteiger partial charge in [-0.15, -0.1) is 0 Å². The Labute approximate surface area is 147 Å². The van der Waals surface area contributed by atoms with Gasteiger partial charge < -0.3 is 15.9 Å². The molecule has 1 heterocycles. The van der Waals surface area contributed by atoms with E-state index >= 15 is 0 Å². The number of halogens is 3. The summed E-state index contributed by atoms with van der Waals surface area (Å²) in [5.41, 5.74) is 9.95. The molecule has 0 saturated carbocycles. The number of hydrogen-bond acceptors (Lipinski definition) is 5. The van der Waals surface area contributed by atoms with Crippen LogP contribution in [0.2, 0.25) is 0 Å². The van der Waals surface area contributed by atoms with E-state index in [0.29, 0.717) is 17.8 Å². The van der Waals surface area contributed by atoms with Crippen LogP contribution in [0.15, 0.2) is 60.5 Å². The van der Waals surface area contributed by atoms with Gasteiger partial charge in [-0.1, -0.05) is 23.8 Å². The molecule has 0 radical (unpaired) electrons. The first-order valence-corrected chi connectivity index (χ1v) is 7.56. The Balaban J connectivity index is 1.63. The topological polar surface area (TPSA) is 79.6 Å². The molecule has 136 valence electrons. The molecule has 1 aliphatic heterocycles. The normalized spacial score (nSPS) is 14.0. The minimum absolute atomic E-state index is 0.401. The number of primary amides is 1. The molecule has 0 bridgehead atoms. The summed E-state index contributed by atoms with van der Waals surface area (Å²) in [5.74, 6) is -1.62. The molecule has 0 unspecified atom stereocenters. The molecular weight excluding hydrogens is 349 g/mol. The summed E-state index contributed by atoms with van der Waals surface area (Å²) in [5, 5.41) is 4.29. The zero-order valence-corrected chi connectivity index (χ0v) is 13.4. The molecule has 1 amide bonds. The molecule has 0 aromatic heterocycles. The second kappa shape index (κ2) is 6.96. The molecule has 26 heavy (non-hydrogen) atoms. The lowest BCUT2D eigenvalue weighted by molar-refractivity contribution is -0.136. The minimum Gasteiger partial charge on any atom is -0.382 e. The number of amides is 1. The first kappa shape index (κ1) is 17.6. The van der Waals surface area contributed by atoms with Crippen LogP contribution in [-0.2, 0) is 11.4 Å². The Hall–Kier alpha value is -3.20. The van der Waals surface area contributed by atoms with E-state index in [1.807, 2.05) is 0 Å². The van der Waals surface area contributed by atoms with Gasteiger partial charge in [0.15, 0.2) is 0 Å². The van der Waals surface area contributed by atoms with Crippen molar-refractivity contribution < 1.29 is 22.8 Å². The monoisotopic (exact) mass is 364 g/mol. The Morgan fingerprint density at radius 1 is 1.19 bits per heavy atom. The molecule has 0 spiro atoms. The van der Waals surface area contributed by atoms with Crippen LogP contribution in [-0.4, -0.2) is 12.1 Å². The maximum Gasteiger partial charge on any atom is 0.453 e. The Morgan fingerprint density at radius 3 is 2.54 bits per heavy atom. The number of hydrogen-bond donors (Lipinski definition) is 3. The molecule has 9 heteroatoms. The Morgan fingerprint density at radius 2 is 1.92 bits per heavy atom. The maximum absolute atomic E-state index is 12.6. The number of rotatable bonds is 5. The van der Waals surface area contributed by atoms with Crippen molar-refractivity contribution in [2.45, 2.75) is 12.7 Å². The molecule has 2 aromatic rings. The number of nitrogens with two attached hydrogens (primary N) is 1. The maximum atomic E-state index is 12.6. The summed E-state index contributed by atoms with van der Waals surface area (Å²) in [6.45, 7) is 0.468. The zero-order valence-electron chi connectivity index (χ0n) is 13.4. The van der Waals surface area contributed by atoms with E-state index in [1.165, 1.54) is 0 Å². The van der Waals surface area contributed by atoms with E-state index in [9.17, 15) is 18.0 Å². The third-order valence-corrected chi connectivity index (χ3v) is 3.64. The highest BCUT2D eigenvalue weighted by Gasteiger charge is 2.40. The smallest absolute Gasteiger partial charge is 0.382 e. The summed E-state index contributed by atoms with van der Waals surface area (Å²) < 4.78 is 37.7. The highest BCUT2D eigenvalue weighted by Crippen LogP contribution is 2.30. The van der Waals surface area contributed by atoms with Gasteiger partial charge in [0, 0.05) is 17.8 Å². The lowest BCUT2D eigenvalue weighted by Crippen LogP contribution is -2.27. The van der Waals surface area contributed by atoms with Crippen molar-refractivity contribution in [3.05, 3.63) is 71.6 Å². The van der Waals surface area contributed by atoms with Crippen LogP contribution in [0.4, 0.5) is 24.5 Å². The number of nitrogens with one attached hydrogen (secondary N) is 2. The van der Waals surface area contributed by atoms with E-state index in [-0.39, 0.29) is 0 Å². The largest absolute Gasteiger partial charge is 0.453 e. The Kier molecular flexibility index (Phi) is 4.72. The SMILES string of the molecule is NC(=O)c1cccc(NCc2ccc(N3C=C(C(F)(F)F)ON3)cc2)c1. The predicted octanol–water partition coefficient (Wildman–Crippen LogP) is 3.06. The van der Waals surface area contributed by atoms with Crippen molar-refractivity contribution in [1.29, 1.82) is 0 Å². The fraction of sp³-hybridized carbons (Fsp3) is 0.118. The third kappa shape index (κ3) is 4.06. The highest BCUT2D eigenvalue weighted by atomic mass is 19.4. The van der Waals surface area contributed by atoms with Crippen molar-refractivity contribution in [1.82, 2.24) is 5.59 Å². The first-order chi connectivity index (χ1) is 12.3. The van der Waals surface area contributed by atoms with E-state index in [1.54, 1.807) is 48.5 Å². The van der Waals surface area contributed by atoms with Crippen LogP contribution in [0.1, 0.15) is 15.9 Å². The van der Waals surface area contributed by atoms with Crippen molar-refractivity contribution in [3.63, 3.8) is 0 Å². The molecule has 0 atom stereocenters. The second-order valence-corrected chi connectivity index (χ2v) is 5.52. The number of carbonyl (C=O) groups excluding carboxylic acids is 1. The van der Waals surface area contributed by atoms with Gasteiger partial charge in [-0.2, -0.15) is 13.2 Å².